The summed E-state index contributed by atoms with van der Waals surface area (Å²) in [5.41, 5.74) is 10.9. The molecule has 3 unspecified atom stereocenters. The quantitative estimate of drug-likeness (QED) is 0.344. The van der Waals surface area contributed by atoms with E-state index in [2.05, 4.69) is 10.5 Å². The first-order valence-corrected chi connectivity index (χ1v) is 11.7. The van der Waals surface area contributed by atoms with E-state index in [1.807, 2.05) is 6.92 Å². The van der Waals surface area contributed by atoms with Crippen molar-refractivity contribution >= 4 is 40.6 Å². The summed E-state index contributed by atoms with van der Waals surface area (Å²) in [6.07, 6.45) is 0.361. The second-order valence-corrected chi connectivity index (χ2v) is 9.23. The van der Waals surface area contributed by atoms with Gasteiger partial charge in [-0.15, -0.1) is 0 Å². The largest absolute Gasteiger partial charge is 0.375 e. The van der Waals surface area contributed by atoms with E-state index in [0.717, 1.165) is 16.8 Å². The van der Waals surface area contributed by atoms with E-state index >= 15 is 0 Å². The highest BCUT2D eigenvalue weighted by molar-refractivity contribution is 7.80. The first-order chi connectivity index (χ1) is 16.7. The van der Waals surface area contributed by atoms with Gasteiger partial charge in [0, 0.05) is 28.6 Å². The minimum atomic E-state index is -0.505. The average molecular weight is 513 g/mol. The van der Waals surface area contributed by atoms with Gasteiger partial charge in [0.1, 0.15) is 11.6 Å². The minimum absolute atomic E-state index is 0.0148. The maximum atomic E-state index is 14.0. The summed E-state index contributed by atoms with van der Waals surface area (Å²) in [7, 11) is 0. The highest BCUT2D eigenvalue weighted by Crippen LogP contribution is 2.44. The number of nitrogens with zero attached hydrogens (tertiary/aromatic N) is 2. The molecule has 0 aliphatic carbocycles. The molecule has 35 heavy (non-hydrogen) atoms. The summed E-state index contributed by atoms with van der Waals surface area (Å²) >= 11 is 11.0. The van der Waals surface area contributed by atoms with Crippen LogP contribution in [0, 0.1) is 17.6 Å². The number of hydrogen-bond acceptors (Lipinski definition) is 3. The molecule has 0 bridgehead atoms. The summed E-state index contributed by atoms with van der Waals surface area (Å²) in [6, 6.07) is 17.7. The van der Waals surface area contributed by atoms with Crippen LogP contribution in [0.4, 0.5) is 8.78 Å². The lowest BCUT2D eigenvalue weighted by Gasteiger charge is -2.46. The minimum Gasteiger partial charge on any atom is -0.375 e. The van der Waals surface area contributed by atoms with Crippen molar-refractivity contribution in [3.8, 4) is 0 Å². The molecular weight excluding hydrogens is 490 g/mol. The van der Waals surface area contributed by atoms with Gasteiger partial charge in [-0.2, -0.15) is 5.10 Å². The van der Waals surface area contributed by atoms with Gasteiger partial charge >= 0.3 is 0 Å². The Labute approximate surface area is 212 Å². The fraction of sp³-hybridized carbons (Fsp3) is 0.192. The summed E-state index contributed by atoms with van der Waals surface area (Å²) in [5, 5.41) is 4.95. The molecule has 0 radical (unpaired) electrons. The molecule has 1 aliphatic heterocycles. The zero-order valence-electron chi connectivity index (χ0n) is 18.8. The topological polar surface area (TPSA) is 70.7 Å². The molecule has 4 rings (SSSR count). The summed E-state index contributed by atoms with van der Waals surface area (Å²) in [4.78, 5) is 15.7. The lowest BCUT2D eigenvalue weighted by Crippen LogP contribution is -2.48. The maximum Gasteiger partial charge on any atom is 0.254 e. The molecule has 180 valence electrons. The smallest absolute Gasteiger partial charge is 0.254 e. The van der Waals surface area contributed by atoms with Gasteiger partial charge in [0.25, 0.3) is 5.91 Å². The van der Waals surface area contributed by atoms with E-state index in [1.54, 1.807) is 53.4 Å². The molecular formula is C26H23ClF2N4OS. The van der Waals surface area contributed by atoms with Crippen LogP contribution in [-0.4, -0.2) is 21.6 Å². The Morgan fingerprint density at radius 3 is 2.09 bits per heavy atom. The fourth-order valence-electron chi connectivity index (χ4n) is 4.46. The van der Waals surface area contributed by atoms with Gasteiger partial charge in [0.15, 0.2) is 5.11 Å². The molecule has 3 atom stereocenters. The number of hydrazone groups is 1. The summed E-state index contributed by atoms with van der Waals surface area (Å²) in [5.74, 6) is -1.27. The normalized spacial score (nSPS) is 21.1. The molecule has 1 saturated heterocycles. The van der Waals surface area contributed by atoms with Gasteiger partial charge in [-0.1, -0.05) is 42.8 Å². The van der Waals surface area contributed by atoms with Crippen molar-refractivity contribution in [3.63, 3.8) is 0 Å². The SMILES string of the molecule is CC1/C(=N/NC(N)=S)CC(c2ccc(F)cc2)N(C(=O)c2ccc(Cl)cc2)C1c1ccc(F)cc1. The number of hydrogen-bond donors (Lipinski definition) is 2. The van der Waals surface area contributed by atoms with Crippen molar-refractivity contribution in [1.29, 1.82) is 0 Å². The number of amides is 1. The van der Waals surface area contributed by atoms with E-state index in [9.17, 15) is 13.6 Å². The molecule has 1 amide bonds. The summed E-state index contributed by atoms with van der Waals surface area (Å²) < 4.78 is 27.5. The molecule has 0 aromatic heterocycles. The zero-order valence-corrected chi connectivity index (χ0v) is 20.4. The number of likely N-dealkylation sites (tertiary alicyclic amines) is 1. The van der Waals surface area contributed by atoms with Crippen LogP contribution < -0.4 is 11.2 Å². The molecule has 1 fully saturated rings. The third kappa shape index (κ3) is 5.49. The predicted molar refractivity (Wildman–Crippen MR) is 137 cm³/mol. The number of rotatable bonds is 4. The molecule has 0 saturated carbocycles. The van der Waals surface area contributed by atoms with Crippen molar-refractivity contribution in [2.45, 2.75) is 25.4 Å². The van der Waals surface area contributed by atoms with Crippen molar-refractivity contribution in [1.82, 2.24) is 10.3 Å². The first-order valence-electron chi connectivity index (χ1n) is 11.0. The number of piperidine rings is 1. The van der Waals surface area contributed by atoms with Gasteiger partial charge in [-0.25, -0.2) is 8.78 Å². The van der Waals surface area contributed by atoms with Crippen LogP contribution in [0.25, 0.3) is 0 Å². The Bertz CT molecular complexity index is 1250. The van der Waals surface area contributed by atoms with Crippen LogP contribution in [0.5, 0.6) is 0 Å². The molecule has 3 aromatic carbocycles. The Balaban J connectivity index is 1.88. The second kappa shape index (κ2) is 10.5. The number of carbonyl (C=O) groups excluding carboxylic acids is 1. The highest BCUT2D eigenvalue weighted by atomic mass is 35.5. The van der Waals surface area contributed by atoms with Crippen LogP contribution >= 0.6 is 23.8 Å². The zero-order chi connectivity index (χ0) is 25.1. The van der Waals surface area contributed by atoms with Gasteiger partial charge in [-0.05, 0) is 71.9 Å². The number of carbonyl (C=O) groups is 1. The number of benzene rings is 3. The Morgan fingerprint density at radius 2 is 1.54 bits per heavy atom. The van der Waals surface area contributed by atoms with Gasteiger partial charge in [0.2, 0.25) is 0 Å². The van der Waals surface area contributed by atoms with Crippen LogP contribution in [0.15, 0.2) is 77.9 Å². The average Bonchev–Trinajstić information content (AvgIpc) is 2.84. The molecule has 3 aromatic rings. The van der Waals surface area contributed by atoms with E-state index < -0.39 is 12.1 Å². The van der Waals surface area contributed by atoms with Crippen LogP contribution in [0.2, 0.25) is 5.02 Å². The van der Waals surface area contributed by atoms with Crippen LogP contribution in [0.3, 0.4) is 0 Å². The number of nitrogens with one attached hydrogen (secondary N) is 1. The summed E-state index contributed by atoms with van der Waals surface area (Å²) in [6.45, 7) is 1.94. The second-order valence-electron chi connectivity index (χ2n) is 8.36. The van der Waals surface area contributed by atoms with Crippen molar-refractivity contribution in [2.75, 3.05) is 0 Å². The third-order valence-corrected chi connectivity index (χ3v) is 6.48. The monoisotopic (exact) mass is 512 g/mol. The van der Waals surface area contributed by atoms with Crippen molar-refractivity contribution in [2.24, 2.45) is 16.8 Å². The van der Waals surface area contributed by atoms with E-state index in [4.69, 9.17) is 29.6 Å². The van der Waals surface area contributed by atoms with Crippen LogP contribution in [0.1, 0.15) is 46.9 Å². The lowest BCUT2D eigenvalue weighted by molar-refractivity contribution is 0.0481. The standard InChI is InChI=1S/C26H23ClF2N4OS/c1-15-22(31-32-26(30)35)14-23(16-4-10-20(28)11-5-16)33(24(15)17-6-12-21(29)13-7-17)25(34)18-2-8-19(27)9-3-18/h2-13,15,23-24H,14H2,1H3,(H3,30,32,35)/b31-22+. The fourth-order valence-corrected chi connectivity index (χ4v) is 4.63. The Kier molecular flexibility index (Phi) is 7.42. The Hall–Kier alpha value is -3.36. The molecule has 3 N–H and O–H groups in total. The van der Waals surface area contributed by atoms with Gasteiger partial charge in [-0.3, -0.25) is 10.2 Å². The lowest BCUT2D eigenvalue weighted by atomic mass is 9.79. The van der Waals surface area contributed by atoms with E-state index in [0.29, 0.717) is 17.0 Å². The third-order valence-electron chi connectivity index (χ3n) is 6.14. The number of thiocarbonyl (C=S) groups is 1. The number of nitrogens with two attached hydrogens (primary N) is 1. The van der Waals surface area contributed by atoms with E-state index in [-0.39, 0.29) is 28.6 Å². The van der Waals surface area contributed by atoms with Crippen molar-refractivity contribution < 1.29 is 13.6 Å². The molecule has 1 aliphatic rings. The first kappa shape index (κ1) is 24.8. The molecule has 0 spiro atoms. The van der Waals surface area contributed by atoms with E-state index in [1.165, 1.54) is 24.3 Å². The highest BCUT2D eigenvalue weighted by Gasteiger charge is 2.43. The van der Waals surface area contributed by atoms with Gasteiger partial charge < -0.3 is 10.6 Å². The Morgan fingerprint density at radius 1 is 1.00 bits per heavy atom. The molecule has 9 heteroatoms. The van der Waals surface area contributed by atoms with Crippen molar-refractivity contribution in [3.05, 3.63) is 106 Å². The predicted octanol–water partition coefficient (Wildman–Crippen LogP) is 5.77. The number of halogens is 3. The molecule has 5 nitrogen and oxygen atoms in total. The van der Waals surface area contributed by atoms with Gasteiger partial charge in [0.05, 0.1) is 12.1 Å². The maximum absolute atomic E-state index is 14.0. The molecule has 1 heterocycles. The van der Waals surface area contributed by atoms with Crippen LogP contribution in [-0.2, 0) is 0 Å².